The van der Waals surface area contributed by atoms with E-state index >= 15 is 0 Å². The van der Waals surface area contributed by atoms with Gasteiger partial charge in [-0.1, -0.05) is 19.1 Å². The zero-order chi connectivity index (χ0) is 9.40. The van der Waals surface area contributed by atoms with Crippen molar-refractivity contribution < 1.29 is 14.3 Å². The molecule has 0 N–H and O–H groups in total. The van der Waals surface area contributed by atoms with Crippen LogP contribution in [-0.2, 0) is 14.3 Å². The summed E-state index contributed by atoms with van der Waals surface area (Å²) in [6.45, 7) is 3.51. The van der Waals surface area contributed by atoms with Gasteiger partial charge in [-0.25, -0.2) is 4.79 Å². The second kappa shape index (κ2) is 6.58. The van der Waals surface area contributed by atoms with Crippen molar-refractivity contribution in [3.63, 3.8) is 0 Å². The molecule has 0 bridgehead atoms. The van der Waals surface area contributed by atoms with Crippen LogP contribution in [0.5, 0.6) is 0 Å². The maximum absolute atomic E-state index is 10.6. The van der Waals surface area contributed by atoms with Crippen LogP contribution in [0.4, 0.5) is 0 Å². The topological polar surface area (TPSA) is 43.4 Å². The summed E-state index contributed by atoms with van der Waals surface area (Å²) in [5.41, 5.74) is 0. The van der Waals surface area contributed by atoms with Crippen LogP contribution in [-0.4, -0.2) is 18.4 Å². The monoisotopic (exact) mass is 170 g/mol. The smallest absolute Gasteiger partial charge is 0.374 e. The Balaban J connectivity index is 3.38. The molecule has 0 saturated carbocycles. The van der Waals surface area contributed by atoms with Crippen LogP contribution in [0.25, 0.3) is 0 Å². The van der Waals surface area contributed by atoms with E-state index in [9.17, 15) is 9.59 Å². The molecule has 0 saturated heterocycles. The molecule has 0 aromatic carbocycles. The largest absolute Gasteiger partial charge is 0.460 e. The summed E-state index contributed by atoms with van der Waals surface area (Å²) in [5.74, 6) is -1.30. The summed E-state index contributed by atoms with van der Waals surface area (Å²) in [6, 6.07) is 0. The van der Waals surface area contributed by atoms with Gasteiger partial charge in [-0.15, -0.1) is 0 Å². The maximum atomic E-state index is 10.6. The molecule has 12 heavy (non-hydrogen) atoms. The number of ketones is 1. The van der Waals surface area contributed by atoms with E-state index in [1.807, 2.05) is 19.1 Å². The van der Waals surface area contributed by atoms with Crippen LogP contribution in [0.1, 0.15) is 26.7 Å². The minimum Gasteiger partial charge on any atom is -0.460 e. The number of Topliss-reactive ketones (excluding diaryl/α,β-unsaturated/α-hetero) is 1. The fourth-order valence-corrected chi connectivity index (χ4v) is 0.606. The first-order chi connectivity index (χ1) is 5.68. The Labute approximate surface area is 72.4 Å². The van der Waals surface area contributed by atoms with Gasteiger partial charge in [-0.05, 0) is 12.8 Å². The number of carbonyl (C=O) groups excluding carboxylic acids is 2. The molecule has 0 amide bonds. The molecule has 0 aliphatic carbocycles. The van der Waals surface area contributed by atoms with Gasteiger partial charge in [0.05, 0.1) is 6.61 Å². The highest BCUT2D eigenvalue weighted by Gasteiger charge is 2.06. The van der Waals surface area contributed by atoms with Crippen LogP contribution in [0.15, 0.2) is 12.2 Å². The highest BCUT2D eigenvalue weighted by Crippen LogP contribution is 1.89. The van der Waals surface area contributed by atoms with Gasteiger partial charge in [0.15, 0.2) is 0 Å². The van der Waals surface area contributed by atoms with E-state index in [1.54, 1.807) is 0 Å². The molecule has 0 aromatic rings. The third-order valence-corrected chi connectivity index (χ3v) is 1.21. The molecular weight excluding hydrogens is 156 g/mol. The van der Waals surface area contributed by atoms with Gasteiger partial charge in [0.2, 0.25) is 5.78 Å². The van der Waals surface area contributed by atoms with Gasteiger partial charge >= 0.3 is 5.97 Å². The summed E-state index contributed by atoms with van der Waals surface area (Å²) in [5, 5.41) is 0. The second-order valence-corrected chi connectivity index (χ2v) is 2.36. The Hall–Kier alpha value is -1.12. The van der Waals surface area contributed by atoms with Crippen molar-refractivity contribution in [1.82, 2.24) is 0 Å². The number of allylic oxidation sites excluding steroid dienone is 1. The molecule has 0 aliphatic heterocycles. The van der Waals surface area contributed by atoms with Crippen LogP contribution in [0.2, 0.25) is 0 Å². The molecule has 0 rings (SSSR count). The van der Waals surface area contributed by atoms with E-state index in [1.165, 1.54) is 6.92 Å². The SMILES string of the molecule is CC/C=C/CCOC(=O)C(C)=O. The first-order valence-electron chi connectivity index (χ1n) is 4.01. The molecule has 68 valence electrons. The third kappa shape index (κ3) is 5.65. The molecular formula is C9H14O3. The fraction of sp³-hybridized carbons (Fsp3) is 0.556. The van der Waals surface area contributed by atoms with Crippen molar-refractivity contribution in [2.75, 3.05) is 6.61 Å². The Morgan fingerprint density at radius 2 is 2.00 bits per heavy atom. The van der Waals surface area contributed by atoms with Crippen LogP contribution >= 0.6 is 0 Å². The van der Waals surface area contributed by atoms with E-state index in [0.717, 1.165) is 6.42 Å². The standard InChI is InChI=1S/C9H14O3/c1-3-4-5-6-7-12-9(11)8(2)10/h4-5H,3,6-7H2,1-2H3/b5-4+. The highest BCUT2D eigenvalue weighted by molar-refractivity contribution is 6.32. The molecule has 3 nitrogen and oxygen atoms in total. The minimum absolute atomic E-state index is 0.287. The number of hydrogen-bond donors (Lipinski definition) is 0. The zero-order valence-corrected chi connectivity index (χ0v) is 7.50. The predicted octanol–water partition coefficient (Wildman–Crippen LogP) is 1.47. The van der Waals surface area contributed by atoms with Gasteiger partial charge in [0, 0.05) is 6.92 Å². The minimum atomic E-state index is -0.750. The summed E-state index contributed by atoms with van der Waals surface area (Å²) < 4.78 is 4.61. The lowest BCUT2D eigenvalue weighted by Crippen LogP contribution is -2.13. The number of ether oxygens (including phenoxy) is 1. The molecule has 0 heterocycles. The molecule has 0 unspecified atom stereocenters. The first kappa shape index (κ1) is 10.9. The van der Waals surface area contributed by atoms with Gasteiger partial charge in [0.1, 0.15) is 0 Å². The molecule has 0 radical (unpaired) electrons. The van der Waals surface area contributed by atoms with Crippen molar-refractivity contribution in [3.05, 3.63) is 12.2 Å². The molecule has 0 fully saturated rings. The van der Waals surface area contributed by atoms with E-state index in [0.29, 0.717) is 6.42 Å². The Morgan fingerprint density at radius 3 is 2.50 bits per heavy atom. The summed E-state index contributed by atoms with van der Waals surface area (Å²) in [6.07, 6.45) is 5.56. The quantitative estimate of drug-likeness (QED) is 0.271. The van der Waals surface area contributed by atoms with Crippen molar-refractivity contribution in [1.29, 1.82) is 0 Å². The highest BCUT2D eigenvalue weighted by atomic mass is 16.5. The van der Waals surface area contributed by atoms with Crippen LogP contribution < -0.4 is 0 Å². The molecule has 0 aromatic heterocycles. The van der Waals surface area contributed by atoms with E-state index < -0.39 is 11.8 Å². The Kier molecular flexibility index (Phi) is 5.97. The number of hydrogen-bond acceptors (Lipinski definition) is 3. The summed E-state index contributed by atoms with van der Waals surface area (Å²) in [4.78, 5) is 21.0. The van der Waals surface area contributed by atoms with Crippen molar-refractivity contribution in [2.45, 2.75) is 26.7 Å². The van der Waals surface area contributed by atoms with Gasteiger partial charge < -0.3 is 4.74 Å². The lowest BCUT2D eigenvalue weighted by atomic mass is 10.3. The predicted molar refractivity (Wildman–Crippen MR) is 45.7 cm³/mol. The van der Waals surface area contributed by atoms with Crippen LogP contribution in [0.3, 0.4) is 0 Å². The van der Waals surface area contributed by atoms with Gasteiger partial charge in [-0.2, -0.15) is 0 Å². The van der Waals surface area contributed by atoms with Crippen molar-refractivity contribution in [3.8, 4) is 0 Å². The van der Waals surface area contributed by atoms with Crippen molar-refractivity contribution >= 4 is 11.8 Å². The fourth-order valence-electron chi connectivity index (χ4n) is 0.606. The Bertz CT molecular complexity index is 182. The van der Waals surface area contributed by atoms with E-state index in [2.05, 4.69) is 4.74 Å². The van der Waals surface area contributed by atoms with Gasteiger partial charge in [0.25, 0.3) is 0 Å². The van der Waals surface area contributed by atoms with E-state index in [-0.39, 0.29) is 6.61 Å². The molecule has 0 spiro atoms. The Morgan fingerprint density at radius 1 is 1.33 bits per heavy atom. The normalized spacial score (nSPS) is 10.2. The lowest BCUT2D eigenvalue weighted by Gasteiger charge is -1.97. The van der Waals surface area contributed by atoms with Gasteiger partial charge in [-0.3, -0.25) is 4.79 Å². The molecule has 0 aliphatic rings. The zero-order valence-electron chi connectivity index (χ0n) is 7.50. The van der Waals surface area contributed by atoms with Crippen molar-refractivity contribution in [2.24, 2.45) is 0 Å². The number of carbonyl (C=O) groups is 2. The second-order valence-electron chi connectivity index (χ2n) is 2.36. The average Bonchev–Trinajstić information content (AvgIpc) is 2.03. The average molecular weight is 170 g/mol. The van der Waals surface area contributed by atoms with E-state index in [4.69, 9.17) is 0 Å². The molecule has 0 atom stereocenters. The molecule has 3 heteroatoms. The maximum Gasteiger partial charge on any atom is 0.374 e. The summed E-state index contributed by atoms with van der Waals surface area (Å²) in [7, 11) is 0. The summed E-state index contributed by atoms with van der Waals surface area (Å²) >= 11 is 0. The number of esters is 1. The number of rotatable bonds is 5. The van der Waals surface area contributed by atoms with Crippen LogP contribution in [0, 0.1) is 0 Å². The first-order valence-corrected chi connectivity index (χ1v) is 4.01. The lowest BCUT2D eigenvalue weighted by molar-refractivity contribution is -0.152. The third-order valence-electron chi connectivity index (χ3n) is 1.21.